The molecule has 0 N–H and O–H groups in total. The Kier molecular flexibility index (Phi) is 6.14. The lowest BCUT2D eigenvalue weighted by Gasteiger charge is -2.30. The highest BCUT2D eigenvalue weighted by molar-refractivity contribution is 5.95. The second-order valence-electron chi connectivity index (χ2n) is 9.83. The first-order valence-electron chi connectivity index (χ1n) is 13.0. The Hall–Kier alpha value is -4.48. The number of nitro groups is 2. The van der Waals surface area contributed by atoms with Gasteiger partial charge < -0.3 is 0 Å². The fraction of sp³-hybridized carbons (Fsp3) is 0.385. The van der Waals surface area contributed by atoms with E-state index in [0.29, 0.717) is 21.8 Å². The molecule has 0 amide bonds. The lowest BCUT2D eigenvalue weighted by Crippen LogP contribution is -2.40. The number of hydrogen-bond acceptors (Lipinski definition) is 8. The van der Waals surface area contributed by atoms with Crippen LogP contribution in [0.15, 0.2) is 36.4 Å². The van der Waals surface area contributed by atoms with Gasteiger partial charge in [-0.2, -0.15) is 19.8 Å². The van der Waals surface area contributed by atoms with Gasteiger partial charge in [-0.05, 0) is 62.8 Å². The molecule has 2 aromatic heterocycles. The third kappa shape index (κ3) is 4.31. The molecule has 0 bridgehead atoms. The predicted molar refractivity (Wildman–Crippen MR) is 145 cm³/mol. The lowest BCUT2D eigenvalue weighted by molar-refractivity contribution is -0.384. The molecule has 196 valence electrons. The van der Waals surface area contributed by atoms with Gasteiger partial charge in [-0.15, -0.1) is 0 Å². The molecule has 4 heterocycles. The molecule has 0 atom stereocenters. The first-order chi connectivity index (χ1) is 18.5. The van der Waals surface area contributed by atoms with E-state index < -0.39 is 9.85 Å². The van der Waals surface area contributed by atoms with Crippen LogP contribution in [0.3, 0.4) is 0 Å². The molecule has 2 saturated heterocycles. The highest BCUT2D eigenvalue weighted by Gasteiger charge is 2.22. The van der Waals surface area contributed by atoms with E-state index in [0.717, 1.165) is 76.1 Å². The Balaban J connectivity index is 1.52. The average Bonchev–Trinajstić information content (AvgIpc) is 3.50. The predicted octanol–water partition coefficient (Wildman–Crippen LogP) is 4.62. The molecule has 0 unspecified atom stereocenters. The van der Waals surface area contributed by atoms with Gasteiger partial charge in [0.15, 0.2) is 0 Å². The van der Waals surface area contributed by atoms with Crippen molar-refractivity contribution in [3.05, 3.63) is 68.0 Å². The van der Waals surface area contributed by atoms with E-state index in [1.807, 2.05) is 21.7 Å². The quantitative estimate of drug-likeness (QED) is 0.268. The topological polar surface area (TPSA) is 128 Å². The van der Waals surface area contributed by atoms with E-state index in [4.69, 9.17) is 10.2 Å². The van der Waals surface area contributed by atoms with Gasteiger partial charge in [-0.25, -0.2) is 0 Å². The molecule has 0 aliphatic carbocycles. The second-order valence-corrected chi connectivity index (χ2v) is 9.83. The van der Waals surface area contributed by atoms with Crippen LogP contribution in [0.4, 0.5) is 11.4 Å². The molecule has 2 aromatic carbocycles. The van der Waals surface area contributed by atoms with Gasteiger partial charge in [0.1, 0.15) is 0 Å². The van der Waals surface area contributed by atoms with E-state index >= 15 is 0 Å². The number of aromatic nitrogens is 4. The van der Waals surface area contributed by atoms with Gasteiger partial charge in [0.25, 0.3) is 11.4 Å². The summed E-state index contributed by atoms with van der Waals surface area (Å²) in [4.78, 5) is 26.0. The van der Waals surface area contributed by atoms with E-state index in [9.17, 15) is 20.2 Å². The van der Waals surface area contributed by atoms with Crippen molar-refractivity contribution in [2.45, 2.75) is 38.5 Å². The molecule has 2 aliphatic heterocycles. The van der Waals surface area contributed by atoms with Gasteiger partial charge >= 0.3 is 0 Å². The summed E-state index contributed by atoms with van der Waals surface area (Å²) in [5, 5.41) is 38.4. The Morgan fingerprint density at radius 1 is 0.632 bits per heavy atom. The van der Waals surface area contributed by atoms with Crippen LogP contribution in [0.25, 0.3) is 34.0 Å². The van der Waals surface area contributed by atoms with Crippen molar-refractivity contribution in [1.82, 2.24) is 19.8 Å². The maximum Gasteiger partial charge on any atom is 0.270 e. The third-order valence-corrected chi connectivity index (χ3v) is 7.37. The van der Waals surface area contributed by atoms with Gasteiger partial charge in [0.2, 0.25) is 0 Å². The van der Waals surface area contributed by atoms with E-state index in [1.165, 1.54) is 12.1 Å². The zero-order chi connectivity index (χ0) is 26.2. The van der Waals surface area contributed by atoms with Gasteiger partial charge in [-0.3, -0.25) is 30.2 Å². The van der Waals surface area contributed by atoms with Crippen molar-refractivity contribution >= 4 is 45.3 Å². The molecule has 6 rings (SSSR count). The van der Waals surface area contributed by atoms with Crippen LogP contribution in [0.1, 0.15) is 49.9 Å². The number of nitro benzene ring substituents is 2. The SMILES string of the molecule is O=[N+]([O-])c1ccc2nn(N3CCCCC3)c(/C=C\c3c4cc([N+](=O)[O-])ccc4nn3N3CCCCC3)c2c1. The number of hydrogen-bond donors (Lipinski definition) is 0. The molecule has 2 fully saturated rings. The Morgan fingerprint density at radius 3 is 1.39 bits per heavy atom. The Bertz CT molecular complexity index is 1440. The Morgan fingerprint density at radius 2 is 1.03 bits per heavy atom. The number of non-ortho nitro benzene ring substituents is 2. The van der Waals surface area contributed by atoms with Crippen molar-refractivity contribution in [3.63, 3.8) is 0 Å². The molecule has 12 nitrogen and oxygen atoms in total. The smallest absolute Gasteiger partial charge is 0.270 e. The second kappa shape index (κ2) is 9.77. The zero-order valence-electron chi connectivity index (χ0n) is 20.9. The number of benzene rings is 2. The molecule has 4 aromatic rings. The normalized spacial score (nSPS) is 16.6. The highest BCUT2D eigenvalue weighted by Crippen LogP contribution is 2.29. The first kappa shape index (κ1) is 23.9. The standard InChI is InChI=1S/C26H28N8O4/c35-33(36)19-7-9-23-21(17-19)25(31(27-23)29-13-3-1-4-14-29)11-12-26-22-18-20(34(37)38)8-10-24(22)28-32(26)30-15-5-2-6-16-30/h7-12,17-18H,1-6,13-16H2/b12-11-. The third-order valence-electron chi connectivity index (χ3n) is 7.37. The number of piperidine rings is 2. The number of fused-ring (bicyclic) bond motifs is 2. The van der Waals surface area contributed by atoms with Crippen molar-refractivity contribution < 1.29 is 9.85 Å². The Labute approximate surface area is 218 Å². The molecule has 0 radical (unpaired) electrons. The molecule has 0 saturated carbocycles. The number of rotatable bonds is 6. The summed E-state index contributed by atoms with van der Waals surface area (Å²) >= 11 is 0. The maximum absolute atomic E-state index is 11.5. The molecule has 12 heteroatoms. The van der Waals surface area contributed by atoms with Gasteiger partial charge in [0.05, 0.1) is 32.3 Å². The minimum absolute atomic E-state index is 0.00442. The van der Waals surface area contributed by atoms with Crippen LogP contribution >= 0.6 is 0 Å². The van der Waals surface area contributed by atoms with Gasteiger partial charge in [0, 0.05) is 61.2 Å². The molecular formula is C26H28N8O4. The van der Waals surface area contributed by atoms with E-state index in [-0.39, 0.29) is 11.4 Å². The average molecular weight is 517 g/mol. The van der Waals surface area contributed by atoms with Crippen molar-refractivity contribution in [1.29, 1.82) is 0 Å². The summed E-state index contributed by atoms with van der Waals surface area (Å²) in [6, 6.07) is 9.44. The fourth-order valence-corrected chi connectivity index (χ4v) is 5.42. The van der Waals surface area contributed by atoms with Crippen LogP contribution in [0, 0.1) is 20.2 Å². The fourth-order valence-electron chi connectivity index (χ4n) is 5.42. The van der Waals surface area contributed by atoms with Crippen LogP contribution in [-0.4, -0.2) is 55.8 Å². The van der Waals surface area contributed by atoms with Crippen LogP contribution in [0.2, 0.25) is 0 Å². The van der Waals surface area contributed by atoms with Crippen LogP contribution in [-0.2, 0) is 0 Å². The van der Waals surface area contributed by atoms with Crippen molar-refractivity contribution in [3.8, 4) is 0 Å². The van der Waals surface area contributed by atoms with E-state index in [2.05, 4.69) is 10.0 Å². The summed E-state index contributed by atoms with van der Waals surface area (Å²) in [6.07, 6.45) is 10.3. The summed E-state index contributed by atoms with van der Waals surface area (Å²) < 4.78 is 0. The summed E-state index contributed by atoms with van der Waals surface area (Å²) in [6.45, 7) is 3.38. The molecule has 2 aliphatic rings. The van der Waals surface area contributed by atoms with Crippen LogP contribution < -0.4 is 10.0 Å². The van der Waals surface area contributed by atoms with Crippen molar-refractivity contribution in [2.24, 2.45) is 0 Å². The highest BCUT2D eigenvalue weighted by atomic mass is 16.6. The minimum atomic E-state index is -0.400. The summed E-state index contributed by atoms with van der Waals surface area (Å²) in [7, 11) is 0. The first-order valence-corrected chi connectivity index (χ1v) is 13.0. The molecule has 0 spiro atoms. The van der Waals surface area contributed by atoms with E-state index in [1.54, 1.807) is 24.3 Å². The molecule has 38 heavy (non-hydrogen) atoms. The zero-order valence-corrected chi connectivity index (χ0v) is 20.9. The van der Waals surface area contributed by atoms with Gasteiger partial charge in [-0.1, -0.05) is 0 Å². The van der Waals surface area contributed by atoms with Crippen molar-refractivity contribution in [2.75, 3.05) is 36.2 Å². The maximum atomic E-state index is 11.5. The number of nitrogens with zero attached hydrogens (tertiary/aromatic N) is 8. The minimum Gasteiger partial charge on any atom is -0.296 e. The monoisotopic (exact) mass is 516 g/mol. The molecular weight excluding hydrogens is 488 g/mol. The lowest BCUT2D eigenvalue weighted by atomic mass is 10.1. The summed E-state index contributed by atoms with van der Waals surface area (Å²) in [5.41, 5.74) is 2.82. The van der Waals surface area contributed by atoms with Crippen LogP contribution in [0.5, 0.6) is 0 Å². The summed E-state index contributed by atoms with van der Waals surface area (Å²) in [5.74, 6) is 0. The largest absolute Gasteiger partial charge is 0.296 e.